The van der Waals surface area contributed by atoms with Gasteiger partial charge in [0.15, 0.2) is 11.6 Å². The van der Waals surface area contributed by atoms with E-state index in [2.05, 4.69) is 15.4 Å². The number of hydrogen-bond donors (Lipinski definition) is 2. The van der Waals surface area contributed by atoms with Crippen molar-refractivity contribution >= 4 is 17.6 Å². The predicted octanol–water partition coefficient (Wildman–Crippen LogP) is 0.909. The first-order valence-corrected chi connectivity index (χ1v) is 5.02. The average molecular weight is 258 g/mol. The largest absolute Gasteiger partial charge is 0.465 e. The molecule has 0 saturated carbocycles. The summed E-state index contributed by atoms with van der Waals surface area (Å²) in [6.07, 6.45) is 0. The highest BCUT2D eigenvalue weighted by molar-refractivity contribution is 5.90. The number of nitrogens with one attached hydrogen (secondary N) is 2. The highest BCUT2D eigenvalue weighted by atomic mass is 19.2. The molecular formula is C11H12F2N2O3. The van der Waals surface area contributed by atoms with Gasteiger partial charge in [-0.3, -0.25) is 4.79 Å². The summed E-state index contributed by atoms with van der Waals surface area (Å²) in [6.45, 7) is -0.204. The van der Waals surface area contributed by atoms with Crippen LogP contribution < -0.4 is 10.6 Å². The zero-order chi connectivity index (χ0) is 13.7. The summed E-state index contributed by atoms with van der Waals surface area (Å²) in [5.74, 6) is -3.90. The monoisotopic (exact) mass is 258 g/mol. The number of carbonyl (C=O) groups is 2. The van der Waals surface area contributed by atoms with Gasteiger partial charge in [0.05, 0.1) is 24.9 Å². The van der Waals surface area contributed by atoms with E-state index < -0.39 is 23.2 Å². The molecule has 0 spiro atoms. The molecule has 0 aromatic heterocycles. The molecule has 1 amide bonds. The summed E-state index contributed by atoms with van der Waals surface area (Å²) in [7, 11) is 2.48. The summed E-state index contributed by atoms with van der Waals surface area (Å²) >= 11 is 0. The minimum absolute atomic E-state index is 0.204. The lowest BCUT2D eigenvalue weighted by atomic mass is 10.2. The van der Waals surface area contributed by atoms with Crippen LogP contribution in [0.25, 0.3) is 0 Å². The molecule has 0 bridgehead atoms. The molecule has 98 valence electrons. The van der Waals surface area contributed by atoms with Crippen molar-refractivity contribution in [1.29, 1.82) is 0 Å². The molecule has 7 heteroatoms. The van der Waals surface area contributed by atoms with E-state index >= 15 is 0 Å². The van der Waals surface area contributed by atoms with Crippen LogP contribution in [0.5, 0.6) is 0 Å². The predicted molar refractivity (Wildman–Crippen MR) is 60.3 cm³/mol. The van der Waals surface area contributed by atoms with Gasteiger partial charge < -0.3 is 15.4 Å². The van der Waals surface area contributed by atoms with Gasteiger partial charge in [-0.25, -0.2) is 13.6 Å². The van der Waals surface area contributed by atoms with E-state index in [1.54, 1.807) is 0 Å². The van der Waals surface area contributed by atoms with Crippen LogP contribution >= 0.6 is 0 Å². The molecule has 1 aromatic carbocycles. The van der Waals surface area contributed by atoms with E-state index in [1.807, 2.05) is 0 Å². The van der Waals surface area contributed by atoms with E-state index in [0.717, 1.165) is 19.2 Å². The molecule has 0 atom stereocenters. The molecule has 0 aliphatic rings. The van der Waals surface area contributed by atoms with Gasteiger partial charge in [-0.2, -0.15) is 0 Å². The third kappa shape index (κ3) is 2.93. The Morgan fingerprint density at radius 1 is 1.28 bits per heavy atom. The van der Waals surface area contributed by atoms with Crippen LogP contribution in [-0.4, -0.2) is 32.6 Å². The molecule has 5 nitrogen and oxygen atoms in total. The van der Waals surface area contributed by atoms with Gasteiger partial charge in [-0.15, -0.1) is 0 Å². The maximum atomic E-state index is 13.5. The smallest absolute Gasteiger partial charge is 0.340 e. The minimum atomic E-state index is -1.32. The Hall–Kier alpha value is -2.18. The first kappa shape index (κ1) is 13.9. The van der Waals surface area contributed by atoms with Gasteiger partial charge in [0.2, 0.25) is 5.91 Å². The number of hydrogen-bond acceptors (Lipinski definition) is 4. The summed E-state index contributed by atoms with van der Waals surface area (Å²) < 4.78 is 31.3. The number of esters is 1. The van der Waals surface area contributed by atoms with Crippen LogP contribution in [0.4, 0.5) is 14.5 Å². The lowest BCUT2D eigenvalue weighted by molar-refractivity contribution is -0.118. The van der Waals surface area contributed by atoms with Crippen molar-refractivity contribution in [3.8, 4) is 0 Å². The molecule has 2 N–H and O–H groups in total. The molecule has 0 fully saturated rings. The van der Waals surface area contributed by atoms with E-state index in [1.165, 1.54) is 7.05 Å². The Kier molecular flexibility index (Phi) is 4.59. The van der Waals surface area contributed by atoms with Crippen LogP contribution in [0, 0.1) is 11.6 Å². The normalized spacial score (nSPS) is 9.78. The highest BCUT2D eigenvalue weighted by Crippen LogP contribution is 2.20. The Labute approximate surface area is 102 Å². The topological polar surface area (TPSA) is 67.4 Å². The molecule has 0 heterocycles. The Morgan fingerprint density at radius 3 is 2.50 bits per heavy atom. The van der Waals surface area contributed by atoms with E-state index in [9.17, 15) is 18.4 Å². The van der Waals surface area contributed by atoms with Crippen molar-refractivity contribution in [2.45, 2.75) is 0 Å². The molecule has 18 heavy (non-hydrogen) atoms. The summed E-state index contributed by atoms with van der Waals surface area (Å²) in [6, 6.07) is 2.24. The van der Waals surface area contributed by atoms with Crippen LogP contribution in [0.3, 0.4) is 0 Å². The Balaban J connectivity index is 2.94. The van der Waals surface area contributed by atoms with Crippen molar-refractivity contribution in [3.63, 3.8) is 0 Å². The van der Waals surface area contributed by atoms with Crippen LogP contribution in [0.15, 0.2) is 12.1 Å². The molecule has 0 aliphatic heterocycles. The molecule has 0 saturated heterocycles. The minimum Gasteiger partial charge on any atom is -0.465 e. The van der Waals surface area contributed by atoms with Gasteiger partial charge in [0.25, 0.3) is 0 Å². The standard InChI is InChI=1S/C11H12F2N2O3/c1-14-8(16)5-15-7-4-3-6(11(17)18-2)9(12)10(7)13/h3-4,15H,5H2,1-2H3,(H,14,16). The summed E-state index contributed by atoms with van der Waals surface area (Å²) in [5, 5.41) is 4.73. The van der Waals surface area contributed by atoms with Gasteiger partial charge in [-0.05, 0) is 12.1 Å². The lowest BCUT2D eigenvalue weighted by Gasteiger charge is -2.09. The first-order chi connectivity index (χ1) is 8.51. The van der Waals surface area contributed by atoms with Crippen molar-refractivity contribution in [2.24, 2.45) is 0 Å². The highest BCUT2D eigenvalue weighted by Gasteiger charge is 2.19. The second-order valence-electron chi connectivity index (χ2n) is 3.31. The van der Waals surface area contributed by atoms with E-state index in [0.29, 0.717) is 0 Å². The maximum Gasteiger partial charge on any atom is 0.340 e. The Bertz CT molecular complexity index is 478. The fourth-order valence-corrected chi connectivity index (χ4v) is 1.22. The summed E-state index contributed by atoms with van der Waals surface area (Å²) in [5.41, 5.74) is -0.704. The zero-order valence-electron chi connectivity index (χ0n) is 9.84. The Morgan fingerprint density at radius 2 is 1.94 bits per heavy atom. The molecule has 0 radical (unpaired) electrons. The van der Waals surface area contributed by atoms with Crippen LogP contribution in [0.2, 0.25) is 0 Å². The number of anilines is 1. The number of rotatable bonds is 4. The third-order valence-corrected chi connectivity index (χ3v) is 2.21. The second kappa shape index (κ2) is 5.95. The molecule has 1 aromatic rings. The van der Waals surface area contributed by atoms with E-state index in [4.69, 9.17) is 0 Å². The zero-order valence-corrected chi connectivity index (χ0v) is 9.84. The molecule has 0 aliphatic carbocycles. The number of benzene rings is 1. The van der Waals surface area contributed by atoms with Crippen molar-refractivity contribution < 1.29 is 23.1 Å². The van der Waals surface area contributed by atoms with Gasteiger partial charge in [0.1, 0.15) is 0 Å². The van der Waals surface area contributed by atoms with Crippen molar-refractivity contribution in [3.05, 3.63) is 29.3 Å². The quantitative estimate of drug-likeness (QED) is 0.788. The first-order valence-electron chi connectivity index (χ1n) is 5.02. The second-order valence-corrected chi connectivity index (χ2v) is 3.31. The third-order valence-electron chi connectivity index (χ3n) is 2.21. The van der Waals surface area contributed by atoms with E-state index in [-0.39, 0.29) is 18.1 Å². The molecular weight excluding hydrogens is 246 g/mol. The fourth-order valence-electron chi connectivity index (χ4n) is 1.22. The van der Waals surface area contributed by atoms with Gasteiger partial charge >= 0.3 is 5.97 Å². The lowest BCUT2D eigenvalue weighted by Crippen LogP contribution is -2.26. The number of ether oxygens (including phenoxy) is 1. The summed E-state index contributed by atoms with van der Waals surface area (Å²) in [4.78, 5) is 22.0. The van der Waals surface area contributed by atoms with Crippen molar-refractivity contribution in [1.82, 2.24) is 5.32 Å². The molecule has 1 rings (SSSR count). The SMILES string of the molecule is CNC(=O)CNc1ccc(C(=O)OC)c(F)c1F. The number of carbonyl (C=O) groups excluding carboxylic acids is 2. The van der Waals surface area contributed by atoms with Crippen LogP contribution in [0.1, 0.15) is 10.4 Å². The number of amides is 1. The number of likely N-dealkylation sites (N-methyl/N-ethyl adjacent to an activating group) is 1. The maximum absolute atomic E-state index is 13.5. The number of halogens is 2. The van der Waals surface area contributed by atoms with Crippen LogP contribution in [-0.2, 0) is 9.53 Å². The fraction of sp³-hybridized carbons (Fsp3) is 0.273. The molecule has 0 unspecified atom stereocenters. The van der Waals surface area contributed by atoms with Gasteiger partial charge in [0, 0.05) is 7.05 Å². The average Bonchev–Trinajstić information content (AvgIpc) is 2.39. The van der Waals surface area contributed by atoms with Gasteiger partial charge in [-0.1, -0.05) is 0 Å². The number of methoxy groups -OCH3 is 1. The van der Waals surface area contributed by atoms with Crippen molar-refractivity contribution in [2.75, 3.05) is 26.0 Å².